The zero-order valence-electron chi connectivity index (χ0n) is 30.0. The summed E-state index contributed by atoms with van der Waals surface area (Å²) >= 11 is 2.90. The third-order valence-corrected chi connectivity index (χ3v) is 15.3. The topological polar surface area (TPSA) is 210 Å². The monoisotopic (exact) mass is 890 g/mol. The molecule has 4 aromatic heterocycles. The largest absolute Gasteiger partial charge is 0.469 e. The van der Waals surface area contributed by atoms with Crippen molar-refractivity contribution in [3.63, 3.8) is 0 Å². The molecule has 6 aromatic rings. The zero-order chi connectivity index (χ0) is 41.1. The smallest absolute Gasteiger partial charge is 0.310 e. The second-order valence-electron chi connectivity index (χ2n) is 11.8. The number of hydrogen-bond acceptors (Lipinski definition) is 14. The first kappa shape index (κ1) is 43.7. The molecule has 0 aliphatic heterocycles. The van der Waals surface area contributed by atoms with Crippen molar-refractivity contribution in [3.05, 3.63) is 93.9 Å². The van der Waals surface area contributed by atoms with Crippen LogP contribution in [0.2, 0.25) is 0 Å². The van der Waals surface area contributed by atoms with Crippen molar-refractivity contribution in [2.24, 2.45) is 0 Å². The molecule has 0 saturated carbocycles. The van der Waals surface area contributed by atoms with Gasteiger partial charge in [0.25, 0.3) is 19.1 Å². The number of aromatic amines is 1. The fourth-order valence-corrected chi connectivity index (χ4v) is 10.9. The third-order valence-electron chi connectivity index (χ3n) is 8.06. The van der Waals surface area contributed by atoms with Gasteiger partial charge in [-0.2, -0.15) is 0 Å². The minimum Gasteiger partial charge on any atom is -0.469 e. The lowest BCUT2D eigenvalue weighted by atomic mass is 10.1. The van der Waals surface area contributed by atoms with E-state index in [-0.39, 0.29) is 32.0 Å². The van der Waals surface area contributed by atoms with Gasteiger partial charge in [0.05, 0.1) is 46.6 Å². The van der Waals surface area contributed by atoms with Crippen LogP contribution in [0.25, 0.3) is 20.4 Å². The Labute approximate surface area is 331 Å². The van der Waals surface area contributed by atoms with Crippen LogP contribution in [0.1, 0.15) is 22.5 Å². The van der Waals surface area contributed by atoms with Gasteiger partial charge < -0.3 is 14.5 Å². The maximum Gasteiger partial charge on any atom is 0.310 e. The quantitative estimate of drug-likeness (QED) is 0.138. The number of benzene rings is 2. The molecular formula is C34H35ClN2O12S6. The molecule has 21 heteroatoms. The van der Waals surface area contributed by atoms with Gasteiger partial charge in [-0.05, 0) is 96.4 Å². The fraction of sp³-hybridized carbons (Fsp3) is 0.235. The summed E-state index contributed by atoms with van der Waals surface area (Å²) in [4.78, 5) is 27.7. The Kier molecular flexibility index (Phi) is 13.5. The van der Waals surface area contributed by atoms with Crippen LogP contribution in [0.4, 0.5) is 0 Å². The van der Waals surface area contributed by atoms with Gasteiger partial charge in [-0.25, -0.2) is 37.6 Å². The SMILES string of the molecule is COC(=O)Cc1c(C)[nH]c2sccc12.COC(=O)Cc1c(C)n(S(=O)(=O)c2ccc(S(C)(=O)=O)cc2)c2sccc12.CS(=O)(=O)c1ccc(S(=O)(=O)Cl)cc1. The van der Waals surface area contributed by atoms with Gasteiger partial charge in [0, 0.05) is 45.4 Å². The summed E-state index contributed by atoms with van der Waals surface area (Å²) in [5.74, 6) is -0.654. The number of rotatable bonds is 9. The molecule has 0 unspecified atom stereocenters. The van der Waals surface area contributed by atoms with Crippen LogP contribution < -0.4 is 0 Å². The molecule has 0 spiro atoms. The number of nitrogens with zero attached hydrogens (tertiary/aromatic N) is 1. The second-order valence-corrected chi connectivity index (χ2v) is 22.0. The van der Waals surface area contributed by atoms with Gasteiger partial charge in [-0.1, -0.05) is 0 Å². The molecule has 2 aromatic carbocycles. The van der Waals surface area contributed by atoms with E-state index in [4.69, 9.17) is 15.4 Å². The van der Waals surface area contributed by atoms with Crippen LogP contribution in [0, 0.1) is 13.8 Å². The van der Waals surface area contributed by atoms with Crippen molar-refractivity contribution in [1.82, 2.24) is 8.96 Å². The summed E-state index contributed by atoms with van der Waals surface area (Å²) in [6, 6.07) is 13.6. The first-order chi connectivity index (χ1) is 25.5. The van der Waals surface area contributed by atoms with E-state index in [0.29, 0.717) is 27.9 Å². The lowest BCUT2D eigenvalue weighted by molar-refractivity contribution is -0.140. The number of sulfone groups is 2. The number of aryl methyl sites for hydroxylation is 1. The number of ether oxygens (including phenoxy) is 2. The average Bonchev–Trinajstić information content (AvgIpc) is 3.88. The number of carbonyl (C=O) groups excluding carboxylic acids is 2. The summed E-state index contributed by atoms with van der Waals surface area (Å²) in [6.07, 6.45) is 2.41. The molecule has 6 rings (SSSR count). The van der Waals surface area contributed by atoms with E-state index in [1.807, 2.05) is 18.4 Å². The van der Waals surface area contributed by atoms with Gasteiger partial charge in [-0.3, -0.25) is 9.59 Å². The maximum atomic E-state index is 13.2. The number of nitrogens with one attached hydrogen (secondary N) is 1. The molecule has 0 fully saturated rings. The number of hydrogen-bond donors (Lipinski definition) is 1. The van der Waals surface area contributed by atoms with Crippen LogP contribution in [-0.4, -0.2) is 81.3 Å². The summed E-state index contributed by atoms with van der Waals surface area (Å²) in [6.45, 7) is 3.61. The number of fused-ring (bicyclic) bond motifs is 2. The normalized spacial score (nSPS) is 12.1. The summed E-state index contributed by atoms with van der Waals surface area (Å²) < 4.78 is 104. The highest BCUT2D eigenvalue weighted by Crippen LogP contribution is 2.34. The van der Waals surface area contributed by atoms with Crippen molar-refractivity contribution in [3.8, 4) is 0 Å². The summed E-state index contributed by atoms with van der Waals surface area (Å²) in [7, 11) is -6.75. The third kappa shape index (κ3) is 10.2. The lowest BCUT2D eigenvalue weighted by Gasteiger charge is -2.10. The summed E-state index contributed by atoms with van der Waals surface area (Å²) in [5.41, 5.74) is 3.12. The molecule has 0 aliphatic rings. The Morgan fingerprint density at radius 2 is 1.09 bits per heavy atom. The molecule has 0 saturated heterocycles. The molecule has 4 heterocycles. The first-order valence-corrected chi connectivity index (χ1v) is 24.9. The molecule has 14 nitrogen and oxygen atoms in total. The molecule has 0 radical (unpaired) electrons. The number of thiophene rings is 2. The Morgan fingerprint density at radius 1 is 0.655 bits per heavy atom. The molecule has 0 amide bonds. The highest BCUT2D eigenvalue weighted by molar-refractivity contribution is 8.13. The highest BCUT2D eigenvalue weighted by Gasteiger charge is 2.27. The predicted octanol–water partition coefficient (Wildman–Crippen LogP) is 5.64. The highest BCUT2D eigenvalue weighted by atomic mass is 35.7. The van der Waals surface area contributed by atoms with E-state index >= 15 is 0 Å². The van der Waals surface area contributed by atoms with Gasteiger partial charge in [0.2, 0.25) is 0 Å². The Bertz CT molecular complexity index is 2760. The van der Waals surface area contributed by atoms with Crippen LogP contribution in [0.15, 0.2) is 91.0 Å². The Morgan fingerprint density at radius 3 is 1.56 bits per heavy atom. The lowest BCUT2D eigenvalue weighted by Crippen LogP contribution is -2.15. The average molecular weight is 892 g/mol. The number of aromatic nitrogens is 2. The van der Waals surface area contributed by atoms with Gasteiger partial charge >= 0.3 is 11.9 Å². The van der Waals surface area contributed by atoms with E-state index in [2.05, 4.69) is 9.72 Å². The number of methoxy groups -OCH3 is 2. The fourth-order valence-electron chi connectivity index (χ4n) is 5.24. The molecule has 0 aliphatic carbocycles. The number of H-pyrrole nitrogens is 1. The molecule has 1 N–H and O–H groups in total. The van der Waals surface area contributed by atoms with Crippen LogP contribution in [0.3, 0.4) is 0 Å². The molecule has 296 valence electrons. The van der Waals surface area contributed by atoms with Gasteiger partial charge in [0.15, 0.2) is 19.7 Å². The van der Waals surface area contributed by atoms with E-state index < -0.39 is 44.7 Å². The molecule has 0 atom stereocenters. The van der Waals surface area contributed by atoms with Gasteiger partial charge in [0.1, 0.15) is 9.66 Å². The predicted molar refractivity (Wildman–Crippen MR) is 212 cm³/mol. The maximum absolute atomic E-state index is 13.2. The van der Waals surface area contributed by atoms with Crippen molar-refractivity contribution < 1.29 is 52.7 Å². The van der Waals surface area contributed by atoms with E-state index in [9.17, 15) is 43.3 Å². The molecular weight excluding hydrogens is 856 g/mol. The number of carbonyl (C=O) groups is 2. The minimum atomic E-state index is -3.97. The number of esters is 2. The van der Waals surface area contributed by atoms with Crippen LogP contribution in [-0.2, 0) is 70.7 Å². The van der Waals surface area contributed by atoms with Crippen molar-refractivity contribution in [2.75, 3.05) is 26.7 Å². The van der Waals surface area contributed by atoms with Gasteiger partial charge in [-0.15, -0.1) is 22.7 Å². The standard InChI is InChI=1S/C17H17NO6S3.C10H11NO2S.C7H7ClO4S2/c1-11-15(10-16(19)24-2)14-8-9-25-17(14)18(11)27(22,23)13-6-4-12(5-7-13)26(3,20)21;1-6-8(5-9(12)13-2)7-3-4-14-10(7)11-6;1-13(9,10)6-2-4-7(5-3-6)14(8,11)12/h4-9H,10H2,1-3H3;3-4,11H,5H2,1-2H3;2-5H,1H3. The van der Waals surface area contributed by atoms with Crippen LogP contribution in [0.5, 0.6) is 0 Å². The van der Waals surface area contributed by atoms with Crippen LogP contribution >= 0.6 is 33.4 Å². The zero-order valence-corrected chi connectivity index (χ0v) is 35.7. The van der Waals surface area contributed by atoms with E-state index in [1.165, 1.54) is 65.9 Å². The Balaban J connectivity index is 0.000000202. The second kappa shape index (κ2) is 17.0. The molecule has 55 heavy (non-hydrogen) atoms. The minimum absolute atomic E-state index is 0.0343. The summed E-state index contributed by atoms with van der Waals surface area (Å²) in [5, 5.41) is 5.59. The number of halogens is 1. The van der Waals surface area contributed by atoms with E-state index in [1.54, 1.807) is 29.7 Å². The van der Waals surface area contributed by atoms with Crippen molar-refractivity contribution in [2.45, 2.75) is 46.3 Å². The Hall–Kier alpha value is -4.05. The molecule has 0 bridgehead atoms. The van der Waals surface area contributed by atoms with Crippen molar-refractivity contribution >= 4 is 104 Å². The van der Waals surface area contributed by atoms with Crippen molar-refractivity contribution in [1.29, 1.82) is 0 Å². The van der Waals surface area contributed by atoms with E-state index in [0.717, 1.165) is 46.1 Å². The first-order valence-electron chi connectivity index (χ1n) is 15.6.